The van der Waals surface area contributed by atoms with Crippen molar-refractivity contribution >= 4 is 33.2 Å². The molecule has 0 unspecified atom stereocenters. The first-order valence-corrected chi connectivity index (χ1v) is 8.11. The monoisotopic (exact) mass is 337 g/mol. The number of hydrogen-bond acceptors (Lipinski definition) is 4. The zero-order valence-corrected chi connectivity index (χ0v) is 13.3. The number of nitrogens with one attached hydrogen (secondary N) is 1. The lowest BCUT2D eigenvalue weighted by Gasteiger charge is -2.18. The zero-order chi connectivity index (χ0) is 16.2. The number of carbonyl (C=O) groups is 1. The molecule has 1 amide bonds. The van der Waals surface area contributed by atoms with Gasteiger partial charge >= 0.3 is 0 Å². The number of amides is 1. The molecule has 6 nitrogen and oxygen atoms in total. The van der Waals surface area contributed by atoms with Gasteiger partial charge in [-0.15, -0.1) is 0 Å². The number of carbonyl (C=O) groups excluding carboxylic acids is 1. The minimum atomic E-state index is -4.22. The van der Waals surface area contributed by atoms with Crippen molar-refractivity contribution in [2.45, 2.75) is 18.7 Å². The van der Waals surface area contributed by atoms with Crippen LogP contribution in [0.5, 0.6) is 0 Å². The summed E-state index contributed by atoms with van der Waals surface area (Å²) < 4.78 is 39.9. The molecule has 0 saturated carbocycles. The third-order valence-corrected chi connectivity index (χ3v) is 4.47. The maximum absolute atomic E-state index is 13.8. The first kappa shape index (κ1) is 17.7. The Labute approximate surface area is 128 Å². The number of rotatable bonds is 6. The van der Waals surface area contributed by atoms with Crippen LogP contribution in [0.4, 0.5) is 10.1 Å². The van der Waals surface area contributed by atoms with Gasteiger partial charge < -0.3 is 10.6 Å². The Morgan fingerprint density at radius 1 is 1.38 bits per heavy atom. The van der Waals surface area contributed by atoms with Crippen LogP contribution in [0.3, 0.4) is 0 Å². The molecule has 0 fully saturated rings. The smallest absolute Gasteiger partial charge is 0.244 e. The summed E-state index contributed by atoms with van der Waals surface area (Å²) in [6.45, 7) is 3.99. The van der Waals surface area contributed by atoms with Crippen molar-refractivity contribution < 1.29 is 17.6 Å². The highest BCUT2D eigenvalue weighted by molar-refractivity contribution is 7.89. The van der Waals surface area contributed by atoms with Crippen LogP contribution in [0, 0.1) is 5.82 Å². The Morgan fingerprint density at radius 2 is 1.95 bits per heavy atom. The molecular weight excluding hydrogens is 321 g/mol. The van der Waals surface area contributed by atoms with Crippen LogP contribution in [-0.2, 0) is 14.8 Å². The van der Waals surface area contributed by atoms with Crippen LogP contribution < -0.4 is 10.5 Å². The van der Waals surface area contributed by atoms with Gasteiger partial charge in [0.25, 0.3) is 0 Å². The Kier molecular flexibility index (Phi) is 5.94. The number of nitrogens with two attached hydrogens (primary N) is 1. The minimum absolute atomic E-state index is 0.00987. The van der Waals surface area contributed by atoms with Crippen molar-refractivity contribution in [3.05, 3.63) is 23.0 Å². The van der Waals surface area contributed by atoms with E-state index in [1.807, 2.05) is 4.72 Å². The van der Waals surface area contributed by atoms with E-state index in [0.717, 1.165) is 12.1 Å². The molecule has 0 aliphatic rings. The molecule has 0 aliphatic carbocycles. The molecule has 0 spiro atoms. The highest BCUT2D eigenvalue weighted by Gasteiger charge is 2.23. The molecule has 0 aromatic heterocycles. The summed E-state index contributed by atoms with van der Waals surface area (Å²) in [5.41, 5.74) is 4.96. The number of hydrogen-bond donors (Lipinski definition) is 2. The SMILES string of the molecule is CCN(CC)C(=O)CNS(=O)(=O)c1cc(Cl)cc(N)c1F. The van der Waals surface area contributed by atoms with Gasteiger partial charge in [-0.1, -0.05) is 11.6 Å². The van der Waals surface area contributed by atoms with E-state index < -0.39 is 33.2 Å². The molecule has 0 heterocycles. The average molecular weight is 338 g/mol. The summed E-state index contributed by atoms with van der Waals surface area (Å²) in [6, 6.07) is 2.05. The molecule has 3 N–H and O–H groups in total. The van der Waals surface area contributed by atoms with E-state index in [2.05, 4.69) is 0 Å². The summed E-state index contributed by atoms with van der Waals surface area (Å²) >= 11 is 5.67. The second-order valence-corrected chi connectivity index (χ2v) is 6.37. The number of nitrogens with zero attached hydrogens (tertiary/aromatic N) is 1. The van der Waals surface area contributed by atoms with Gasteiger partial charge in [-0.3, -0.25) is 4.79 Å². The molecule has 1 rings (SSSR count). The zero-order valence-electron chi connectivity index (χ0n) is 11.7. The molecule has 0 atom stereocenters. The lowest BCUT2D eigenvalue weighted by molar-refractivity contribution is -0.129. The number of benzene rings is 1. The lowest BCUT2D eigenvalue weighted by atomic mass is 10.3. The number of anilines is 1. The molecule has 0 radical (unpaired) electrons. The summed E-state index contributed by atoms with van der Waals surface area (Å²) in [7, 11) is -4.22. The van der Waals surface area contributed by atoms with Crippen LogP contribution in [0.15, 0.2) is 17.0 Å². The van der Waals surface area contributed by atoms with E-state index in [4.69, 9.17) is 17.3 Å². The first-order chi connectivity index (χ1) is 9.72. The summed E-state index contributed by atoms with van der Waals surface area (Å²) in [5.74, 6) is -1.50. The summed E-state index contributed by atoms with van der Waals surface area (Å²) in [4.78, 5) is 12.5. The van der Waals surface area contributed by atoms with Crippen LogP contribution in [-0.4, -0.2) is 38.9 Å². The second-order valence-electron chi connectivity index (χ2n) is 4.20. The van der Waals surface area contributed by atoms with E-state index in [0.29, 0.717) is 13.1 Å². The normalized spacial score (nSPS) is 11.4. The van der Waals surface area contributed by atoms with Crippen molar-refractivity contribution in [2.75, 3.05) is 25.4 Å². The number of sulfonamides is 1. The fraction of sp³-hybridized carbons (Fsp3) is 0.417. The number of nitrogen functional groups attached to an aromatic ring is 1. The largest absolute Gasteiger partial charge is 0.396 e. The van der Waals surface area contributed by atoms with E-state index in [9.17, 15) is 17.6 Å². The van der Waals surface area contributed by atoms with Crippen LogP contribution in [0.25, 0.3) is 0 Å². The van der Waals surface area contributed by atoms with Crippen LogP contribution in [0.1, 0.15) is 13.8 Å². The van der Waals surface area contributed by atoms with E-state index >= 15 is 0 Å². The third-order valence-electron chi connectivity index (χ3n) is 2.85. The van der Waals surface area contributed by atoms with Gasteiger partial charge in [-0.05, 0) is 26.0 Å². The maximum atomic E-state index is 13.8. The van der Waals surface area contributed by atoms with Crippen molar-refractivity contribution in [1.29, 1.82) is 0 Å². The number of likely N-dealkylation sites (N-methyl/N-ethyl adjacent to an activating group) is 1. The molecule has 1 aromatic carbocycles. The van der Waals surface area contributed by atoms with Crippen LogP contribution in [0.2, 0.25) is 5.02 Å². The van der Waals surface area contributed by atoms with Crippen molar-refractivity contribution in [1.82, 2.24) is 9.62 Å². The van der Waals surface area contributed by atoms with Gasteiger partial charge in [-0.2, -0.15) is 0 Å². The molecule has 1 aromatic rings. The maximum Gasteiger partial charge on any atom is 0.244 e. The first-order valence-electron chi connectivity index (χ1n) is 6.24. The Bertz CT molecular complexity index is 633. The van der Waals surface area contributed by atoms with Crippen molar-refractivity contribution in [2.24, 2.45) is 0 Å². The minimum Gasteiger partial charge on any atom is -0.396 e. The quantitative estimate of drug-likeness (QED) is 0.763. The standard InChI is InChI=1S/C12H17ClFN3O3S/c1-3-17(4-2)11(18)7-16-21(19,20)10-6-8(13)5-9(15)12(10)14/h5-6,16H,3-4,7,15H2,1-2H3. The lowest BCUT2D eigenvalue weighted by Crippen LogP contribution is -2.40. The van der Waals surface area contributed by atoms with Gasteiger partial charge in [-0.25, -0.2) is 17.5 Å². The average Bonchev–Trinajstić information content (AvgIpc) is 2.42. The fourth-order valence-corrected chi connectivity index (χ4v) is 3.10. The second kappa shape index (κ2) is 7.06. The Morgan fingerprint density at radius 3 is 2.48 bits per heavy atom. The van der Waals surface area contributed by atoms with Gasteiger partial charge in [0.05, 0.1) is 12.2 Å². The molecule has 0 aliphatic heterocycles. The highest BCUT2D eigenvalue weighted by Crippen LogP contribution is 2.24. The number of halogens is 2. The molecule has 0 saturated heterocycles. The molecule has 118 valence electrons. The molecular formula is C12H17ClFN3O3S. The van der Waals surface area contributed by atoms with E-state index in [1.165, 1.54) is 4.90 Å². The van der Waals surface area contributed by atoms with E-state index in [-0.39, 0.29) is 10.7 Å². The molecule has 9 heteroatoms. The van der Waals surface area contributed by atoms with Crippen molar-refractivity contribution in [3.8, 4) is 0 Å². The molecule has 0 bridgehead atoms. The van der Waals surface area contributed by atoms with Gasteiger partial charge in [0, 0.05) is 18.1 Å². The van der Waals surface area contributed by atoms with Crippen molar-refractivity contribution in [3.63, 3.8) is 0 Å². The van der Waals surface area contributed by atoms with Gasteiger partial charge in [0.15, 0.2) is 5.82 Å². The fourth-order valence-electron chi connectivity index (χ4n) is 1.70. The van der Waals surface area contributed by atoms with Gasteiger partial charge in [0.1, 0.15) is 4.90 Å². The topological polar surface area (TPSA) is 92.5 Å². The van der Waals surface area contributed by atoms with Crippen LogP contribution >= 0.6 is 11.6 Å². The Hall–Kier alpha value is -1.38. The summed E-state index contributed by atoms with van der Waals surface area (Å²) in [6.07, 6.45) is 0. The Balaban J connectivity index is 2.96. The third kappa shape index (κ3) is 4.29. The predicted molar refractivity (Wildman–Crippen MR) is 78.9 cm³/mol. The molecule has 21 heavy (non-hydrogen) atoms. The summed E-state index contributed by atoms with van der Waals surface area (Å²) in [5, 5.41) is -0.00987. The van der Waals surface area contributed by atoms with E-state index in [1.54, 1.807) is 13.8 Å². The highest BCUT2D eigenvalue weighted by atomic mass is 35.5. The predicted octanol–water partition coefficient (Wildman–Crippen LogP) is 1.21. The van der Waals surface area contributed by atoms with Gasteiger partial charge in [0.2, 0.25) is 15.9 Å².